The fourth-order valence-electron chi connectivity index (χ4n) is 1.43. The molecular formula is C13H9BrClFN2O. The summed E-state index contributed by atoms with van der Waals surface area (Å²) in [6, 6.07) is 10.4. The van der Waals surface area contributed by atoms with Crippen molar-refractivity contribution < 1.29 is 9.18 Å². The third-order valence-electron chi connectivity index (χ3n) is 2.30. The molecule has 19 heavy (non-hydrogen) atoms. The Balaban J connectivity index is 2.08. The van der Waals surface area contributed by atoms with Gasteiger partial charge >= 0.3 is 6.03 Å². The van der Waals surface area contributed by atoms with Crippen LogP contribution in [0.1, 0.15) is 0 Å². The second-order valence-corrected chi connectivity index (χ2v) is 4.94. The Morgan fingerprint density at radius 2 is 1.79 bits per heavy atom. The van der Waals surface area contributed by atoms with E-state index in [9.17, 15) is 9.18 Å². The van der Waals surface area contributed by atoms with Gasteiger partial charge in [-0.3, -0.25) is 0 Å². The van der Waals surface area contributed by atoms with Crippen LogP contribution in [-0.4, -0.2) is 6.03 Å². The summed E-state index contributed by atoms with van der Waals surface area (Å²) in [5, 5.41) is 5.64. The predicted octanol–water partition coefficient (Wildman–Crippen LogP) is 4.89. The van der Waals surface area contributed by atoms with Crippen LogP contribution in [0.25, 0.3) is 0 Å². The van der Waals surface area contributed by atoms with Crippen LogP contribution >= 0.6 is 27.5 Å². The molecule has 6 heteroatoms. The topological polar surface area (TPSA) is 41.1 Å². The number of halogens is 3. The number of benzene rings is 2. The van der Waals surface area contributed by atoms with E-state index < -0.39 is 6.03 Å². The highest BCUT2D eigenvalue weighted by atomic mass is 79.9. The van der Waals surface area contributed by atoms with Crippen LogP contribution in [0, 0.1) is 5.82 Å². The number of urea groups is 1. The molecule has 0 aromatic heterocycles. The molecule has 2 N–H and O–H groups in total. The average molecular weight is 344 g/mol. The third-order valence-corrected chi connectivity index (χ3v) is 3.29. The fraction of sp³-hybridized carbons (Fsp3) is 0. The summed E-state index contributed by atoms with van der Waals surface area (Å²) in [5.41, 5.74) is 0.964. The molecule has 0 aliphatic carbocycles. The number of rotatable bonds is 2. The Labute approximate surface area is 122 Å². The van der Waals surface area contributed by atoms with Crippen molar-refractivity contribution in [1.29, 1.82) is 0 Å². The maximum Gasteiger partial charge on any atom is 0.323 e. The molecule has 98 valence electrons. The summed E-state index contributed by atoms with van der Waals surface area (Å²) in [6.07, 6.45) is 0. The minimum Gasteiger partial charge on any atom is -0.307 e. The van der Waals surface area contributed by atoms with Crippen LogP contribution in [0.5, 0.6) is 0 Å². The largest absolute Gasteiger partial charge is 0.323 e. The van der Waals surface area contributed by atoms with Gasteiger partial charge in [-0.15, -0.1) is 0 Å². The molecular weight excluding hydrogens is 335 g/mol. The first-order valence-electron chi connectivity index (χ1n) is 5.34. The molecule has 0 aliphatic heterocycles. The number of carbonyl (C=O) groups is 1. The van der Waals surface area contributed by atoms with Crippen molar-refractivity contribution in [3.63, 3.8) is 0 Å². The minimum absolute atomic E-state index is 0.385. The zero-order valence-corrected chi connectivity index (χ0v) is 11.9. The zero-order chi connectivity index (χ0) is 13.8. The van der Waals surface area contributed by atoms with Crippen molar-refractivity contribution >= 4 is 44.9 Å². The maximum atomic E-state index is 12.9. The fourth-order valence-corrected chi connectivity index (χ4v) is 2.06. The zero-order valence-electron chi connectivity index (χ0n) is 9.58. The molecule has 0 bridgehead atoms. The van der Waals surface area contributed by atoms with E-state index in [4.69, 9.17) is 11.6 Å². The Morgan fingerprint density at radius 3 is 2.47 bits per heavy atom. The maximum absolute atomic E-state index is 12.9. The van der Waals surface area contributed by atoms with Crippen LogP contribution in [0.4, 0.5) is 20.6 Å². The van der Waals surface area contributed by atoms with Crippen molar-refractivity contribution in [2.24, 2.45) is 0 Å². The lowest BCUT2D eigenvalue weighted by Crippen LogP contribution is -2.19. The number of carbonyl (C=O) groups excluding carboxylic acids is 1. The molecule has 0 fully saturated rings. The summed E-state index contributed by atoms with van der Waals surface area (Å²) < 4.78 is 13.4. The molecule has 2 rings (SSSR count). The summed E-state index contributed by atoms with van der Waals surface area (Å²) >= 11 is 9.09. The smallest absolute Gasteiger partial charge is 0.307 e. The highest BCUT2D eigenvalue weighted by Crippen LogP contribution is 2.24. The van der Waals surface area contributed by atoms with Crippen molar-refractivity contribution in [3.05, 3.63) is 57.8 Å². The van der Waals surface area contributed by atoms with Crippen molar-refractivity contribution in [2.45, 2.75) is 0 Å². The quantitative estimate of drug-likeness (QED) is 0.801. The highest BCUT2D eigenvalue weighted by Gasteiger charge is 2.08. The highest BCUT2D eigenvalue weighted by molar-refractivity contribution is 9.10. The Kier molecular flexibility index (Phi) is 4.39. The van der Waals surface area contributed by atoms with E-state index in [1.54, 1.807) is 24.3 Å². The Morgan fingerprint density at radius 1 is 1.11 bits per heavy atom. The van der Waals surface area contributed by atoms with Crippen LogP contribution in [0.15, 0.2) is 46.9 Å². The van der Waals surface area contributed by atoms with E-state index in [2.05, 4.69) is 26.6 Å². The van der Waals surface area contributed by atoms with Crippen LogP contribution < -0.4 is 10.6 Å². The van der Waals surface area contributed by atoms with Gasteiger partial charge in [-0.05, 0) is 46.3 Å². The van der Waals surface area contributed by atoms with E-state index in [1.165, 1.54) is 18.2 Å². The molecule has 3 nitrogen and oxygen atoms in total. The van der Waals surface area contributed by atoms with E-state index in [-0.39, 0.29) is 5.82 Å². The van der Waals surface area contributed by atoms with Gasteiger partial charge in [0.05, 0.1) is 16.4 Å². The number of anilines is 2. The average Bonchev–Trinajstić information content (AvgIpc) is 2.36. The van der Waals surface area contributed by atoms with Crippen LogP contribution in [0.2, 0.25) is 5.02 Å². The molecule has 0 radical (unpaired) electrons. The molecule has 2 amide bonds. The van der Waals surface area contributed by atoms with Gasteiger partial charge in [-0.1, -0.05) is 23.7 Å². The van der Waals surface area contributed by atoms with Gasteiger partial charge in [0.15, 0.2) is 0 Å². The number of hydrogen-bond acceptors (Lipinski definition) is 1. The second-order valence-electron chi connectivity index (χ2n) is 3.68. The van der Waals surface area contributed by atoms with Gasteiger partial charge in [0, 0.05) is 4.47 Å². The summed E-state index contributed by atoms with van der Waals surface area (Å²) in [4.78, 5) is 11.8. The SMILES string of the molecule is O=C(Nc1ccccc1Cl)Nc1ccc(F)cc1Br. The molecule has 0 unspecified atom stereocenters. The third kappa shape index (κ3) is 3.68. The molecule has 0 saturated heterocycles. The van der Waals surface area contributed by atoms with Crippen molar-refractivity contribution in [3.8, 4) is 0 Å². The molecule has 0 aliphatic rings. The lowest BCUT2D eigenvalue weighted by atomic mass is 10.3. The first kappa shape index (κ1) is 13.8. The monoisotopic (exact) mass is 342 g/mol. The number of amides is 2. The van der Waals surface area contributed by atoms with Gasteiger partial charge in [-0.25, -0.2) is 9.18 Å². The standard InChI is InChI=1S/C13H9BrClFN2O/c14-9-7-8(16)5-6-11(9)17-13(19)18-12-4-2-1-3-10(12)15/h1-7H,(H2,17,18,19). The molecule has 0 spiro atoms. The predicted molar refractivity (Wildman–Crippen MR) is 78.2 cm³/mol. The lowest BCUT2D eigenvalue weighted by Gasteiger charge is -2.10. The van der Waals surface area contributed by atoms with Crippen LogP contribution in [0.3, 0.4) is 0 Å². The van der Waals surface area contributed by atoms with Gasteiger partial charge in [-0.2, -0.15) is 0 Å². The van der Waals surface area contributed by atoms with E-state index >= 15 is 0 Å². The number of para-hydroxylation sites is 1. The molecule has 2 aromatic rings. The summed E-state index contributed by atoms with van der Waals surface area (Å²) in [5.74, 6) is -0.385. The normalized spacial score (nSPS) is 10.1. The lowest BCUT2D eigenvalue weighted by molar-refractivity contribution is 0.262. The van der Waals surface area contributed by atoms with Crippen molar-refractivity contribution in [2.75, 3.05) is 10.6 Å². The minimum atomic E-state index is -0.458. The van der Waals surface area contributed by atoms with Gasteiger partial charge in [0.1, 0.15) is 5.82 Å². The molecule has 2 aromatic carbocycles. The second kappa shape index (κ2) is 6.04. The summed E-state index contributed by atoms with van der Waals surface area (Å²) in [7, 11) is 0. The van der Waals surface area contributed by atoms with E-state index in [0.717, 1.165) is 0 Å². The van der Waals surface area contributed by atoms with Crippen molar-refractivity contribution in [1.82, 2.24) is 0 Å². The van der Waals surface area contributed by atoms with Gasteiger partial charge in [0.25, 0.3) is 0 Å². The number of nitrogens with one attached hydrogen (secondary N) is 2. The first-order chi connectivity index (χ1) is 9.06. The van der Waals surface area contributed by atoms with E-state index in [0.29, 0.717) is 20.9 Å². The Hall–Kier alpha value is -1.59. The summed E-state index contributed by atoms with van der Waals surface area (Å²) in [6.45, 7) is 0. The molecule has 0 heterocycles. The Bertz CT molecular complexity index is 621. The van der Waals surface area contributed by atoms with Gasteiger partial charge < -0.3 is 10.6 Å². The molecule has 0 saturated carbocycles. The number of hydrogen-bond donors (Lipinski definition) is 2. The van der Waals surface area contributed by atoms with Gasteiger partial charge in [0.2, 0.25) is 0 Å². The van der Waals surface area contributed by atoms with E-state index in [1.807, 2.05) is 0 Å². The molecule has 0 atom stereocenters. The van der Waals surface area contributed by atoms with Crippen LogP contribution in [-0.2, 0) is 0 Å². The first-order valence-corrected chi connectivity index (χ1v) is 6.51.